The molecule has 0 bridgehead atoms. The Hall–Kier alpha value is -2.20. The third kappa shape index (κ3) is 6.16. The van der Waals surface area contributed by atoms with Crippen molar-refractivity contribution in [3.05, 3.63) is 29.8 Å². The highest BCUT2D eigenvalue weighted by Gasteiger charge is 2.39. The van der Waals surface area contributed by atoms with Crippen molar-refractivity contribution in [1.82, 2.24) is 10.6 Å². The molecule has 1 saturated carbocycles. The van der Waals surface area contributed by atoms with Crippen LogP contribution in [0, 0.1) is 23.5 Å². The molecule has 170 valence electrons. The Morgan fingerprint density at radius 3 is 2.39 bits per heavy atom. The number of nitrogens with one attached hydrogen (secondary N) is 2. The van der Waals surface area contributed by atoms with Crippen LogP contribution in [0.15, 0.2) is 18.2 Å². The molecule has 0 aromatic heterocycles. The second-order valence-corrected chi connectivity index (χ2v) is 8.99. The standard InChI is InChI=1S/C21H30BF2N3O4/c1-12(2)9-19(22(30)31)26-20(28)17(10-13-3-4-13)25-21(29)18-7-8-27(18)14-5-6-15(23)16(24)11-14/h5-6,11-13,17-19,30-31H,3-4,7-10H2,1-2H3,(H,25,29)(H,26,28)/t17-,18-,19-/m0/s1. The van der Waals surface area contributed by atoms with Crippen molar-refractivity contribution in [2.24, 2.45) is 11.8 Å². The van der Waals surface area contributed by atoms with Crippen LogP contribution >= 0.6 is 0 Å². The first-order valence-corrected chi connectivity index (χ1v) is 10.8. The van der Waals surface area contributed by atoms with Crippen LogP contribution in [0.5, 0.6) is 0 Å². The van der Waals surface area contributed by atoms with Crippen LogP contribution in [0.1, 0.15) is 46.0 Å². The minimum Gasteiger partial charge on any atom is -0.426 e. The van der Waals surface area contributed by atoms with Gasteiger partial charge in [0.2, 0.25) is 11.8 Å². The molecule has 2 amide bonds. The lowest BCUT2D eigenvalue weighted by atomic mass is 9.75. The van der Waals surface area contributed by atoms with E-state index in [4.69, 9.17) is 0 Å². The van der Waals surface area contributed by atoms with Gasteiger partial charge in [0.05, 0.1) is 5.94 Å². The molecule has 1 heterocycles. The lowest BCUT2D eigenvalue weighted by molar-refractivity contribution is -0.130. The van der Waals surface area contributed by atoms with Crippen molar-refractivity contribution < 1.29 is 28.4 Å². The summed E-state index contributed by atoms with van der Waals surface area (Å²) in [5, 5.41) is 24.6. The predicted octanol–water partition coefficient (Wildman–Crippen LogP) is 1.37. The number of hydrogen-bond acceptors (Lipinski definition) is 5. The Labute approximate surface area is 181 Å². The SMILES string of the molecule is CC(C)C[C@H](NC(=O)[C@H](CC1CC1)NC(=O)[C@@H]1CCN1c1ccc(F)c(F)c1)B(O)O. The van der Waals surface area contributed by atoms with Crippen LogP contribution in [0.4, 0.5) is 14.5 Å². The van der Waals surface area contributed by atoms with Gasteiger partial charge in [-0.25, -0.2) is 8.78 Å². The summed E-state index contributed by atoms with van der Waals surface area (Å²) in [6.45, 7) is 4.35. The molecule has 4 N–H and O–H groups in total. The Kier molecular flexibility index (Phi) is 7.53. The summed E-state index contributed by atoms with van der Waals surface area (Å²) in [5.74, 6) is -3.07. The highest BCUT2D eigenvalue weighted by molar-refractivity contribution is 6.43. The first-order chi connectivity index (χ1) is 14.7. The maximum atomic E-state index is 13.6. The largest absolute Gasteiger partial charge is 0.475 e. The van der Waals surface area contributed by atoms with Crippen LogP contribution in [-0.2, 0) is 9.59 Å². The molecule has 31 heavy (non-hydrogen) atoms. The van der Waals surface area contributed by atoms with E-state index >= 15 is 0 Å². The van der Waals surface area contributed by atoms with E-state index in [2.05, 4.69) is 10.6 Å². The fourth-order valence-electron chi connectivity index (χ4n) is 3.87. The van der Waals surface area contributed by atoms with Crippen molar-refractivity contribution in [2.45, 2.75) is 64.0 Å². The van der Waals surface area contributed by atoms with Crippen molar-refractivity contribution in [3.8, 4) is 0 Å². The van der Waals surface area contributed by atoms with E-state index in [1.54, 1.807) is 4.90 Å². The summed E-state index contributed by atoms with van der Waals surface area (Å²) >= 11 is 0. The van der Waals surface area contributed by atoms with Crippen molar-refractivity contribution in [2.75, 3.05) is 11.4 Å². The number of carbonyl (C=O) groups is 2. The first kappa shape index (κ1) is 23.5. The van der Waals surface area contributed by atoms with Crippen molar-refractivity contribution >= 4 is 24.6 Å². The highest BCUT2D eigenvalue weighted by Crippen LogP contribution is 2.34. The van der Waals surface area contributed by atoms with Gasteiger partial charge in [-0.2, -0.15) is 0 Å². The minimum absolute atomic E-state index is 0.142. The maximum Gasteiger partial charge on any atom is 0.475 e. The van der Waals surface area contributed by atoms with E-state index in [1.807, 2.05) is 13.8 Å². The quantitative estimate of drug-likeness (QED) is 0.415. The van der Waals surface area contributed by atoms with E-state index in [-0.39, 0.29) is 11.8 Å². The van der Waals surface area contributed by atoms with Gasteiger partial charge in [0, 0.05) is 18.3 Å². The number of anilines is 1. The van der Waals surface area contributed by atoms with E-state index < -0.39 is 42.7 Å². The number of benzene rings is 1. The molecular weight excluding hydrogens is 407 g/mol. The second-order valence-electron chi connectivity index (χ2n) is 8.99. The Bertz CT molecular complexity index is 807. The summed E-state index contributed by atoms with van der Waals surface area (Å²) in [5.41, 5.74) is 0.411. The van der Waals surface area contributed by atoms with Crippen molar-refractivity contribution in [3.63, 3.8) is 0 Å². The van der Waals surface area contributed by atoms with Gasteiger partial charge in [-0.15, -0.1) is 0 Å². The fraction of sp³-hybridized carbons (Fsp3) is 0.619. The topological polar surface area (TPSA) is 102 Å². The molecule has 3 rings (SSSR count). The van der Waals surface area contributed by atoms with Gasteiger partial charge in [0.1, 0.15) is 12.1 Å². The lowest BCUT2D eigenvalue weighted by Gasteiger charge is -2.42. The number of hydrogen-bond donors (Lipinski definition) is 4. The van der Waals surface area contributed by atoms with Crippen LogP contribution in [-0.4, -0.2) is 53.6 Å². The minimum atomic E-state index is -1.70. The average Bonchev–Trinajstić information content (AvgIpc) is 3.46. The van der Waals surface area contributed by atoms with E-state index in [9.17, 15) is 28.4 Å². The summed E-state index contributed by atoms with van der Waals surface area (Å²) in [6, 6.07) is 2.14. The van der Waals surface area contributed by atoms with Crippen LogP contribution < -0.4 is 15.5 Å². The smallest absolute Gasteiger partial charge is 0.426 e. The molecule has 0 radical (unpaired) electrons. The molecule has 1 aromatic rings. The summed E-state index contributed by atoms with van der Waals surface area (Å²) in [6.07, 6.45) is 3.38. The Balaban J connectivity index is 1.65. The molecule has 1 aliphatic carbocycles. The number of rotatable bonds is 10. The molecule has 0 spiro atoms. The monoisotopic (exact) mass is 437 g/mol. The molecule has 1 aliphatic heterocycles. The molecule has 1 saturated heterocycles. The maximum absolute atomic E-state index is 13.6. The number of nitrogens with zero attached hydrogens (tertiary/aromatic N) is 1. The molecular formula is C21H30BF2N3O4. The summed E-state index contributed by atoms with van der Waals surface area (Å²) in [7, 11) is -1.70. The first-order valence-electron chi connectivity index (χ1n) is 10.8. The molecule has 0 unspecified atom stereocenters. The molecule has 7 nitrogen and oxygen atoms in total. The summed E-state index contributed by atoms with van der Waals surface area (Å²) in [4.78, 5) is 27.4. The van der Waals surface area contributed by atoms with E-state index in [1.165, 1.54) is 6.07 Å². The average molecular weight is 437 g/mol. The third-order valence-electron chi connectivity index (χ3n) is 5.87. The molecule has 1 aromatic carbocycles. The predicted molar refractivity (Wildman–Crippen MR) is 113 cm³/mol. The van der Waals surface area contributed by atoms with Crippen LogP contribution in [0.25, 0.3) is 0 Å². The molecule has 2 aliphatic rings. The van der Waals surface area contributed by atoms with Gasteiger partial charge in [0.25, 0.3) is 0 Å². The molecule has 3 atom stereocenters. The lowest BCUT2D eigenvalue weighted by Crippen LogP contribution is -2.61. The zero-order chi connectivity index (χ0) is 22.7. The van der Waals surface area contributed by atoms with E-state index in [0.29, 0.717) is 37.4 Å². The van der Waals surface area contributed by atoms with Gasteiger partial charge in [0.15, 0.2) is 11.6 Å². The Morgan fingerprint density at radius 1 is 1.16 bits per heavy atom. The molecule has 2 fully saturated rings. The zero-order valence-electron chi connectivity index (χ0n) is 17.9. The fourth-order valence-corrected chi connectivity index (χ4v) is 3.87. The zero-order valence-corrected chi connectivity index (χ0v) is 17.9. The van der Waals surface area contributed by atoms with Gasteiger partial charge in [-0.05, 0) is 43.2 Å². The van der Waals surface area contributed by atoms with Crippen LogP contribution in [0.2, 0.25) is 0 Å². The number of halogens is 2. The Morgan fingerprint density at radius 2 is 1.87 bits per heavy atom. The van der Waals surface area contributed by atoms with Crippen molar-refractivity contribution in [1.29, 1.82) is 0 Å². The molecule has 10 heteroatoms. The van der Waals surface area contributed by atoms with E-state index in [0.717, 1.165) is 25.0 Å². The van der Waals surface area contributed by atoms with Gasteiger partial charge in [-0.1, -0.05) is 26.7 Å². The number of carbonyl (C=O) groups excluding carboxylic acids is 2. The van der Waals surface area contributed by atoms with Gasteiger partial charge < -0.3 is 25.6 Å². The highest BCUT2D eigenvalue weighted by atomic mass is 19.2. The third-order valence-corrected chi connectivity index (χ3v) is 5.87. The van der Waals surface area contributed by atoms with Gasteiger partial charge in [-0.3, -0.25) is 9.59 Å². The second kappa shape index (κ2) is 9.95. The normalized spacial score (nSPS) is 20.1. The number of amides is 2. The summed E-state index contributed by atoms with van der Waals surface area (Å²) < 4.78 is 26.8. The van der Waals surface area contributed by atoms with Crippen LogP contribution in [0.3, 0.4) is 0 Å². The van der Waals surface area contributed by atoms with Gasteiger partial charge >= 0.3 is 7.12 Å².